The van der Waals surface area contributed by atoms with Gasteiger partial charge in [0.25, 0.3) is 0 Å². The van der Waals surface area contributed by atoms with Crippen molar-refractivity contribution in [3.63, 3.8) is 0 Å². The monoisotopic (exact) mass is 331 g/mol. The van der Waals surface area contributed by atoms with E-state index in [1.54, 1.807) is 7.11 Å². The van der Waals surface area contributed by atoms with Crippen molar-refractivity contribution in [1.82, 2.24) is 4.90 Å². The fraction of sp³-hybridized carbons (Fsp3) is 0.700. The molecule has 2 fully saturated rings. The Morgan fingerprint density at radius 3 is 3.00 bits per heavy atom. The Morgan fingerprint density at radius 2 is 2.21 bits per heavy atom. The van der Waals surface area contributed by atoms with E-state index in [4.69, 9.17) is 9.47 Å². The summed E-state index contributed by atoms with van der Waals surface area (Å²) in [5.41, 5.74) is 3.23. The molecule has 2 bridgehead atoms. The predicted molar refractivity (Wildman–Crippen MR) is 93.1 cm³/mol. The summed E-state index contributed by atoms with van der Waals surface area (Å²) in [5.74, 6) is 1.59. The van der Waals surface area contributed by atoms with E-state index in [0.29, 0.717) is 18.6 Å². The molecule has 1 saturated heterocycles. The van der Waals surface area contributed by atoms with E-state index in [1.807, 2.05) is 6.92 Å². The molecule has 2 aliphatic carbocycles. The normalized spacial score (nSPS) is 33.5. The molecule has 1 unspecified atom stereocenters. The van der Waals surface area contributed by atoms with Gasteiger partial charge < -0.3 is 14.6 Å². The number of aliphatic hydroxyl groups excluding tert-OH is 1. The molecule has 132 valence electrons. The number of hydrogen-bond donors (Lipinski definition) is 1. The molecular formula is C20H29NO3. The summed E-state index contributed by atoms with van der Waals surface area (Å²) < 4.78 is 11.1. The van der Waals surface area contributed by atoms with Crippen molar-refractivity contribution in [1.29, 1.82) is 0 Å². The summed E-state index contributed by atoms with van der Waals surface area (Å²) in [7, 11) is 1.75. The lowest BCUT2D eigenvalue weighted by Gasteiger charge is -2.59. The Kier molecular flexibility index (Phi) is 4.31. The summed E-state index contributed by atoms with van der Waals surface area (Å²) >= 11 is 0. The van der Waals surface area contributed by atoms with E-state index in [1.165, 1.54) is 36.8 Å². The number of ether oxygens (including phenoxy) is 2. The lowest BCUT2D eigenvalue weighted by atomic mass is 9.52. The molecule has 0 aromatic heterocycles. The molecular weight excluding hydrogens is 302 g/mol. The van der Waals surface area contributed by atoms with E-state index >= 15 is 0 Å². The number of methoxy groups -OCH3 is 1. The number of likely N-dealkylation sites (tertiary alicyclic amines) is 1. The first-order valence-corrected chi connectivity index (χ1v) is 9.42. The molecule has 0 amide bonds. The van der Waals surface area contributed by atoms with Gasteiger partial charge in [-0.15, -0.1) is 0 Å². The highest BCUT2D eigenvalue weighted by molar-refractivity contribution is 5.45. The lowest BCUT2D eigenvalue weighted by Crippen LogP contribution is -2.63. The van der Waals surface area contributed by atoms with Crippen LogP contribution in [0.5, 0.6) is 5.75 Å². The van der Waals surface area contributed by atoms with Crippen LogP contribution in [0.4, 0.5) is 0 Å². The van der Waals surface area contributed by atoms with Crippen molar-refractivity contribution >= 4 is 0 Å². The fourth-order valence-corrected chi connectivity index (χ4v) is 5.66. The van der Waals surface area contributed by atoms with Gasteiger partial charge in [-0.25, -0.2) is 0 Å². The smallest absolute Gasteiger partial charge is 0.216 e. The molecule has 4 atom stereocenters. The average Bonchev–Trinajstić information content (AvgIpc) is 2.61. The topological polar surface area (TPSA) is 41.9 Å². The number of benzene rings is 1. The van der Waals surface area contributed by atoms with Crippen molar-refractivity contribution in [2.45, 2.75) is 63.3 Å². The molecule has 4 nitrogen and oxygen atoms in total. The standard InChI is InChI=1S/C20H29NO3/c1-3-24-19(22)21-11-10-20-9-5-4-6-16(20)18(21)12-14-7-8-15(23-2)13-17(14)20/h7-8,13,16,18-19,22H,3-6,9-12H2,1-2H3/t16-,18+,19?,20+/m1/s1. The summed E-state index contributed by atoms with van der Waals surface area (Å²) in [6.07, 6.45) is 6.51. The number of hydrogen-bond acceptors (Lipinski definition) is 4. The third kappa shape index (κ3) is 2.39. The lowest BCUT2D eigenvalue weighted by molar-refractivity contribution is -0.226. The van der Waals surface area contributed by atoms with Gasteiger partial charge in [0.2, 0.25) is 6.41 Å². The van der Waals surface area contributed by atoms with Gasteiger partial charge in [-0.05, 0) is 61.8 Å². The third-order valence-electron chi connectivity index (χ3n) is 6.69. The highest BCUT2D eigenvalue weighted by Crippen LogP contribution is 2.56. The van der Waals surface area contributed by atoms with E-state index in [2.05, 4.69) is 23.1 Å². The Morgan fingerprint density at radius 1 is 1.33 bits per heavy atom. The van der Waals surface area contributed by atoms with E-state index in [0.717, 1.165) is 25.1 Å². The van der Waals surface area contributed by atoms with Gasteiger partial charge >= 0.3 is 0 Å². The Labute approximate surface area is 144 Å². The Balaban J connectivity index is 1.76. The predicted octanol–water partition coefficient (Wildman–Crippen LogP) is 3.07. The molecule has 1 aromatic rings. The number of aliphatic hydroxyl groups is 1. The highest BCUT2D eigenvalue weighted by atomic mass is 16.6. The molecule has 24 heavy (non-hydrogen) atoms. The van der Waals surface area contributed by atoms with Crippen LogP contribution in [0.2, 0.25) is 0 Å². The fourth-order valence-electron chi connectivity index (χ4n) is 5.66. The second kappa shape index (κ2) is 6.32. The van der Waals surface area contributed by atoms with Gasteiger partial charge in [0.05, 0.1) is 7.11 Å². The summed E-state index contributed by atoms with van der Waals surface area (Å²) in [6, 6.07) is 7.00. The maximum Gasteiger partial charge on any atom is 0.216 e. The number of rotatable bonds is 4. The van der Waals surface area contributed by atoms with Crippen LogP contribution in [0, 0.1) is 5.92 Å². The van der Waals surface area contributed by atoms with E-state index in [-0.39, 0.29) is 5.41 Å². The van der Waals surface area contributed by atoms with Crippen molar-refractivity contribution in [3.8, 4) is 5.75 Å². The van der Waals surface area contributed by atoms with Gasteiger partial charge in [0.1, 0.15) is 5.75 Å². The SMILES string of the molecule is CCOC(O)N1CC[C@@]23CCCC[C@@H]2[C@@H]1Cc1ccc(OC)cc13. The summed E-state index contributed by atoms with van der Waals surface area (Å²) in [4.78, 5) is 2.21. The van der Waals surface area contributed by atoms with E-state index in [9.17, 15) is 5.11 Å². The van der Waals surface area contributed by atoms with Crippen LogP contribution >= 0.6 is 0 Å². The molecule has 1 N–H and O–H groups in total. The number of piperidine rings is 1. The average molecular weight is 331 g/mol. The summed E-state index contributed by atoms with van der Waals surface area (Å²) in [5, 5.41) is 10.5. The first-order chi connectivity index (χ1) is 11.7. The minimum absolute atomic E-state index is 0.271. The largest absolute Gasteiger partial charge is 0.497 e. The second-order valence-electron chi connectivity index (χ2n) is 7.57. The molecule has 1 heterocycles. The van der Waals surface area contributed by atoms with Gasteiger partial charge in [0, 0.05) is 24.6 Å². The maximum absolute atomic E-state index is 10.5. The van der Waals surface area contributed by atoms with Gasteiger partial charge in [-0.2, -0.15) is 0 Å². The Bertz CT molecular complexity index is 605. The quantitative estimate of drug-likeness (QED) is 0.861. The zero-order chi connectivity index (χ0) is 16.7. The minimum Gasteiger partial charge on any atom is -0.497 e. The highest BCUT2D eigenvalue weighted by Gasteiger charge is 2.54. The van der Waals surface area contributed by atoms with Gasteiger partial charge in [0.15, 0.2) is 0 Å². The number of fused-ring (bicyclic) bond motifs is 1. The molecule has 1 aromatic carbocycles. The van der Waals surface area contributed by atoms with Gasteiger partial charge in [-0.1, -0.05) is 18.9 Å². The molecule has 4 heteroatoms. The summed E-state index contributed by atoms with van der Waals surface area (Å²) in [6.45, 7) is 3.41. The molecule has 1 saturated carbocycles. The van der Waals surface area contributed by atoms with Crippen molar-refractivity contribution in [2.24, 2.45) is 5.92 Å². The minimum atomic E-state index is -0.764. The van der Waals surface area contributed by atoms with Crippen LogP contribution in [0.1, 0.15) is 50.2 Å². The van der Waals surface area contributed by atoms with Gasteiger partial charge in [-0.3, -0.25) is 4.90 Å². The molecule has 1 aliphatic heterocycles. The molecule has 0 spiro atoms. The van der Waals surface area contributed by atoms with Crippen LogP contribution < -0.4 is 4.74 Å². The van der Waals surface area contributed by atoms with Crippen LogP contribution in [0.25, 0.3) is 0 Å². The first kappa shape index (κ1) is 16.4. The molecule has 0 radical (unpaired) electrons. The maximum atomic E-state index is 10.5. The first-order valence-electron chi connectivity index (χ1n) is 9.42. The van der Waals surface area contributed by atoms with Crippen molar-refractivity contribution in [2.75, 3.05) is 20.3 Å². The molecule has 4 rings (SSSR count). The van der Waals surface area contributed by atoms with Crippen LogP contribution in [0.3, 0.4) is 0 Å². The molecule has 3 aliphatic rings. The zero-order valence-corrected chi connectivity index (χ0v) is 14.8. The van der Waals surface area contributed by atoms with Crippen LogP contribution in [-0.2, 0) is 16.6 Å². The third-order valence-corrected chi connectivity index (χ3v) is 6.69. The van der Waals surface area contributed by atoms with Crippen LogP contribution in [0.15, 0.2) is 18.2 Å². The zero-order valence-electron chi connectivity index (χ0n) is 14.8. The van der Waals surface area contributed by atoms with Crippen molar-refractivity contribution < 1.29 is 14.6 Å². The van der Waals surface area contributed by atoms with Crippen LogP contribution in [-0.4, -0.2) is 42.7 Å². The van der Waals surface area contributed by atoms with E-state index < -0.39 is 6.41 Å². The van der Waals surface area contributed by atoms with Crippen molar-refractivity contribution in [3.05, 3.63) is 29.3 Å². The Hall–Kier alpha value is -1.10. The second-order valence-corrected chi connectivity index (χ2v) is 7.57. The number of nitrogens with zero attached hydrogens (tertiary/aromatic N) is 1.